The molecule has 0 radical (unpaired) electrons. The molecule has 9 nitrogen and oxygen atoms in total. The first-order valence-corrected chi connectivity index (χ1v) is 15.7. The Morgan fingerprint density at radius 1 is 0.935 bits per heavy atom. The molecule has 6 atom stereocenters. The van der Waals surface area contributed by atoms with E-state index in [-0.39, 0.29) is 49.2 Å². The van der Waals surface area contributed by atoms with E-state index in [0.717, 1.165) is 21.9 Å². The van der Waals surface area contributed by atoms with Gasteiger partial charge in [0.25, 0.3) is 11.8 Å². The Kier molecular flexibility index (Phi) is 7.02. The number of fused-ring (bicyclic) bond motifs is 5. The zero-order chi connectivity index (χ0) is 32.7. The third kappa shape index (κ3) is 4.09. The molecule has 2 N–H and O–H groups in total. The van der Waals surface area contributed by atoms with Gasteiger partial charge in [0.2, 0.25) is 11.8 Å². The molecule has 2 aliphatic carbocycles. The highest BCUT2D eigenvalue weighted by Gasteiger charge is 2.76. The fraction of sp³-hybridized carbons (Fsp3) is 0.324. The zero-order valence-electron chi connectivity index (χ0n) is 24.2. The Hall–Kier alpha value is -4.28. The van der Waals surface area contributed by atoms with E-state index in [0.29, 0.717) is 16.3 Å². The molecular formula is C34H27Cl2FN2O7. The van der Waals surface area contributed by atoms with Gasteiger partial charge < -0.3 is 10.2 Å². The van der Waals surface area contributed by atoms with E-state index in [1.165, 1.54) is 12.1 Å². The van der Waals surface area contributed by atoms with Gasteiger partial charge in [-0.05, 0) is 54.8 Å². The number of carbonyl (C=O) groups is 5. The van der Waals surface area contributed by atoms with Crippen molar-refractivity contribution in [3.8, 4) is 5.75 Å². The number of nitrogens with zero attached hydrogens (tertiary/aromatic N) is 2. The summed E-state index contributed by atoms with van der Waals surface area (Å²) in [6, 6.07) is 15.2. The van der Waals surface area contributed by atoms with Gasteiger partial charge in [-0.2, -0.15) is 0 Å². The average Bonchev–Trinajstić information content (AvgIpc) is 3.36. The number of allylic oxidation sites excluding steroid dienone is 2. The number of carbonyl (C=O) groups excluding carboxylic acids is 4. The Labute approximate surface area is 272 Å². The third-order valence-corrected chi connectivity index (χ3v) is 11.4. The first-order valence-electron chi connectivity index (χ1n) is 14.9. The van der Waals surface area contributed by atoms with Crippen LogP contribution in [0.3, 0.4) is 0 Å². The van der Waals surface area contributed by atoms with Crippen molar-refractivity contribution in [1.82, 2.24) is 4.90 Å². The van der Waals surface area contributed by atoms with E-state index in [1.54, 1.807) is 42.5 Å². The Morgan fingerprint density at radius 3 is 2.37 bits per heavy atom. The minimum absolute atomic E-state index is 0.0545. The summed E-state index contributed by atoms with van der Waals surface area (Å²) in [5, 5.41) is 22.0. The molecule has 12 heteroatoms. The molecule has 2 saturated heterocycles. The third-order valence-electron chi connectivity index (χ3n) is 10.0. The number of likely N-dealkylation sites (tertiary alicyclic amines) is 1. The van der Waals surface area contributed by atoms with Crippen molar-refractivity contribution < 1.29 is 38.6 Å². The minimum atomic E-state index is -2.18. The quantitative estimate of drug-likeness (QED) is 0.213. The molecule has 1 saturated carbocycles. The SMILES string of the molecule is O=C(O)CCCN1C(=O)[C@H]2[C@H](CC=C3[C@H]2C[C@@]2(Cl)C(=O)N(c4ccc(F)cc4)C(=O)[C@@]2(Cl)[C@H]3c2ccc3ccccc3c2O)C1=O. The van der Waals surface area contributed by atoms with Gasteiger partial charge in [0.15, 0.2) is 9.75 Å². The smallest absolute Gasteiger partial charge is 0.303 e. The van der Waals surface area contributed by atoms with Crippen LogP contribution in [0.15, 0.2) is 72.3 Å². The lowest BCUT2D eigenvalue weighted by molar-refractivity contribution is -0.142. The van der Waals surface area contributed by atoms with Crippen molar-refractivity contribution in [3.05, 3.63) is 83.7 Å². The molecule has 0 unspecified atom stereocenters. The van der Waals surface area contributed by atoms with Crippen LogP contribution in [0.25, 0.3) is 10.8 Å². The van der Waals surface area contributed by atoms with E-state index in [9.17, 15) is 33.5 Å². The number of halogens is 3. The van der Waals surface area contributed by atoms with Crippen LogP contribution < -0.4 is 4.90 Å². The van der Waals surface area contributed by atoms with Crippen LogP contribution in [0.2, 0.25) is 0 Å². The Balaban J connectivity index is 1.40. The Morgan fingerprint density at radius 2 is 1.65 bits per heavy atom. The molecule has 2 aliphatic heterocycles. The monoisotopic (exact) mass is 664 g/mol. The van der Waals surface area contributed by atoms with E-state index < -0.39 is 68.8 Å². The number of phenolic OH excluding ortho intramolecular Hbond substituents is 1. The van der Waals surface area contributed by atoms with Gasteiger partial charge in [0, 0.05) is 29.8 Å². The largest absolute Gasteiger partial charge is 0.507 e. The van der Waals surface area contributed by atoms with Crippen LogP contribution >= 0.6 is 23.2 Å². The Bertz CT molecular complexity index is 1900. The summed E-state index contributed by atoms with van der Waals surface area (Å²) < 4.78 is 13.8. The molecule has 7 rings (SSSR count). The van der Waals surface area contributed by atoms with Gasteiger partial charge in [-0.15, -0.1) is 23.2 Å². The second kappa shape index (κ2) is 10.6. The van der Waals surface area contributed by atoms with Gasteiger partial charge in [-0.1, -0.05) is 48.0 Å². The van der Waals surface area contributed by atoms with Crippen LogP contribution in [-0.2, 0) is 24.0 Å². The number of phenols is 1. The normalized spacial score (nSPS) is 30.4. The second-order valence-corrected chi connectivity index (χ2v) is 13.5. The van der Waals surface area contributed by atoms with Crippen LogP contribution in [0.1, 0.15) is 37.2 Å². The fourth-order valence-corrected chi connectivity index (χ4v) is 8.85. The summed E-state index contributed by atoms with van der Waals surface area (Å²) in [6.07, 6.45) is 1.48. The van der Waals surface area contributed by atoms with Crippen molar-refractivity contribution in [3.63, 3.8) is 0 Å². The molecule has 0 aromatic heterocycles. The van der Waals surface area contributed by atoms with Crippen LogP contribution in [0.5, 0.6) is 5.75 Å². The summed E-state index contributed by atoms with van der Waals surface area (Å²) in [5.74, 6) is -8.19. The number of aliphatic carboxylic acids is 1. The highest BCUT2D eigenvalue weighted by Crippen LogP contribution is 2.66. The second-order valence-electron chi connectivity index (χ2n) is 12.3. The molecule has 236 valence electrons. The number of benzene rings is 3. The number of imide groups is 2. The zero-order valence-corrected chi connectivity index (χ0v) is 25.7. The number of carboxylic acid groups (broad SMARTS) is 1. The number of hydrogen-bond acceptors (Lipinski definition) is 6. The number of amides is 4. The topological polar surface area (TPSA) is 132 Å². The minimum Gasteiger partial charge on any atom is -0.507 e. The van der Waals surface area contributed by atoms with E-state index in [1.807, 2.05) is 0 Å². The summed E-state index contributed by atoms with van der Waals surface area (Å²) in [7, 11) is 0. The highest BCUT2D eigenvalue weighted by atomic mass is 35.5. The maximum atomic E-state index is 14.5. The fourth-order valence-electron chi connectivity index (χ4n) is 7.92. The van der Waals surface area contributed by atoms with Gasteiger partial charge in [0.05, 0.1) is 17.5 Å². The van der Waals surface area contributed by atoms with Crippen molar-refractivity contribution >= 4 is 69.3 Å². The number of rotatable bonds is 6. The maximum absolute atomic E-state index is 14.5. The number of hydrogen-bond donors (Lipinski definition) is 2. The standard InChI is InChI=1S/C34H27Cl2FN2O7/c35-33-16-24-21(13-14-22-26(24)30(44)38(29(22)43)15-3-6-25(40)41)27(23-12-7-17-4-1-2-5-20(17)28(23)42)34(33,36)32(46)39(31(33)45)19-10-8-18(37)9-11-19/h1-2,4-5,7-13,22,24,26-27,42H,3,6,14-16H2,(H,40,41)/t22-,24+,26-,27+,33+,34-/m0/s1. The summed E-state index contributed by atoms with van der Waals surface area (Å²) in [4.78, 5) is 64.9. The van der Waals surface area contributed by atoms with Crippen molar-refractivity contribution in [1.29, 1.82) is 0 Å². The van der Waals surface area contributed by atoms with E-state index >= 15 is 0 Å². The lowest BCUT2D eigenvalue weighted by atomic mass is 9.56. The maximum Gasteiger partial charge on any atom is 0.303 e. The molecule has 0 bridgehead atoms. The predicted octanol–water partition coefficient (Wildman–Crippen LogP) is 5.11. The molecule has 3 aromatic carbocycles. The average molecular weight is 666 g/mol. The van der Waals surface area contributed by atoms with Crippen LogP contribution in [-0.4, -0.2) is 61.0 Å². The van der Waals surface area contributed by atoms with Crippen molar-refractivity contribution in [2.45, 2.75) is 41.3 Å². The molecule has 2 heterocycles. The molecular weight excluding hydrogens is 638 g/mol. The molecule has 3 aromatic rings. The number of alkyl halides is 2. The predicted molar refractivity (Wildman–Crippen MR) is 166 cm³/mol. The molecule has 46 heavy (non-hydrogen) atoms. The number of anilines is 1. The van der Waals surface area contributed by atoms with E-state index in [4.69, 9.17) is 28.3 Å². The van der Waals surface area contributed by atoms with Crippen molar-refractivity contribution in [2.75, 3.05) is 11.4 Å². The van der Waals surface area contributed by atoms with Gasteiger partial charge in [-0.25, -0.2) is 9.29 Å². The number of carboxylic acids is 1. The van der Waals surface area contributed by atoms with Crippen molar-refractivity contribution in [2.24, 2.45) is 17.8 Å². The molecule has 4 amide bonds. The first-order chi connectivity index (χ1) is 21.9. The highest BCUT2D eigenvalue weighted by molar-refractivity contribution is 6.58. The van der Waals surface area contributed by atoms with Gasteiger partial charge in [-0.3, -0.25) is 28.9 Å². The first kappa shape index (κ1) is 30.4. The molecule has 3 fully saturated rings. The number of aromatic hydroxyl groups is 1. The van der Waals surface area contributed by atoms with Crippen LogP contribution in [0, 0.1) is 23.6 Å². The van der Waals surface area contributed by atoms with E-state index in [2.05, 4.69) is 0 Å². The van der Waals surface area contributed by atoms with Gasteiger partial charge in [0.1, 0.15) is 11.6 Å². The van der Waals surface area contributed by atoms with Crippen LogP contribution in [0.4, 0.5) is 10.1 Å². The van der Waals surface area contributed by atoms with Gasteiger partial charge >= 0.3 is 5.97 Å². The lowest BCUT2D eigenvalue weighted by Crippen LogP contribution is -2.60. The lowest BCUT2D eigenvalue weighted by Gasteiger charge is -2.50. The summed E-state index contributed by atoms with van der Waals surface area (Å²) in [6.45, 7) is -0.0743. The summed E-state index contributed by atoms with van der Waals surface area (Å²) in [5.41, 5.74) is 0.790. The summed E-state index contributed by atoms with van der Waals surface area (Å²) >= 11 is 14.7. The molecule has 4 aliphatic rings. The molecule has 0 spiro atoms.